The first-order valence-corrected chi connectivity index (χ1v) is 11.2. The number of carbonyl (C=O) groups excluding carboxylic acids is 1. The van der Waals surface area contributed by atoms with Gasteiger partial charge in [-0.1, -0.05) is 35.9 Å². The van der Waals surface area contributed by atoms with Gasteiger partial charge in [0.1, 0.15) is 5.75 Å². The third-order valence-electron chi connectivity index (χ3n) is 5.63. The quantitative estimate of drug-likeness (QED) is 0.588. The van der Waals surface area contributed by atoms with Crippen molar-refractivity contribution in [2.75, 3.05) is 46.4 Å². The molecule has 2 N–H and O–H groups in total. The molecule has 1 heterocycles. The van der Waals surface area contributed by atoms with E-state index in [2.05, 4.69) is 15.1 Å². The fourth-order valence-electron chi connectivity index (χ4n) is 3.71. The van der Waals surface area contributed by atoms with Crippen molar-refractivity contribution in [2.24, 2.45) is 0 Å². The van der Waals surface area contributed by atoms with Crippen LogP contribution in [0.3, 0.4) is 0 Å². The maximum Gasteiger partial charge on any atom is 0.234 e. The Bertz CT molecular complexity index is 806. The average molecular weight is 446 g/mol. The predicted molar refractivity (Wildman–Crippen MR) is 124 cm³/mol. The van der Waals surface area contributed by atoms with Crippen LogP contribution in [0.15, 0.2) is 48.5 Å². The van der Waals surface area contributed by atoms with E-state index in [-0.39, 0.29) is 12.0 Å². The number of aryl methyl sites for hydroxylation is 1. The number of nitrogens with zero attached hydrogens (tertiary/aromatic N) is 2. The van der Waals surface area contributed by atoms with E-state index in [0.29, 0.717) is 24.7 Å². The minimum absolute atomic E-state index is 0.0305. The molecule has 1 aliphatic heterocycles. The number of hydrogen-bond donors (Lipinski definition) is 2. The van der Waals surface area contributed by atoms with Crippen molar-refractivity contribution in [1.29, 1.82) is 0 Å². The summed E-state index contributed by atoms with van der Waals surface area (Å²) < 4.78 is 5.18. The number of aliphatic hydroxyl groups excluding tert-OH is 1. The van der Waals surface area contributed by atoms with Gasteiger partial charge in [-0.2, -0.15) is 0 Å². The Kier molecular flexibility index (Phi) is 9.15. The lowest BCUT2D eigenvalue weighted by Crippen LogP contribution is -2.50. The Balaban J connectivity index is 1.30. The summed E-state index contributed by atoms with van der Waals surface area (Å²) in [6, 6.07) is 15.5. The van der Waals surface area contributed by atoms with Crippen molar-refractivity contribution in [3.8, 4) is 5.75 Å². The predicted octanol–water partition coefficient (Wildman–Crippen LogP) is 2.58. The zero-order chi connectivity index (χ0) is 22.1. The molecule has 0 aromatic heterocycles. The normalized spacial score (nSPS) is 16.1. The molecule has 31 heavy (non-hydrogen) atoms. The van der Waals surface area contributed by atoms with Crippen LogP contribution in [-0.2, 0) is 17.8 Å². The van der Waals surface area contributed by atoms with Gasteiger partial charge in [-0.3, -0.25) is 14.6 Å². The number of benzene rings is 2. The summed E-state index contributed by atoms with van der Waals surface area (Å²) >= 11 is 5.88. The van der Waals surface area contributed by atoms with E-state index >= 15 is 0 Å². The van der Waals surface area contributed by atoms with Crippen LogP contribution < -0.4 is 10.1 Å². The third kappa shape index (κ3) is 8.15. The smallest absolute Gasteiger partial charge is 0.234 e. The molecule has 0 bridgehead atoms. The number of nitrogens with one attached hydrogen (secondary N) is 1. The van der Waals surface area contributed by atoms with Gasteiger partial charge in [0.25, 0.3) is 0 Å². The number of carbonyl (C=O) groups is 1. The van der Waals surface area contributed by atoms with Crippen molar-refractivity contribution in [2.45, 2.75) is 25.5 Å². The molecule has 0 aliphatic carbocycles. The molecule has 7 heteroatoms. The number of piperazine rings is 1. The van der Waals surface area contributed by atoms with Crippen molar-refractivity contribution < 1.29 is 14.6 Å². The van der Waals surface area contributed by atoms with Crippen LogP contribution in [0.2, 0.25) is 5.02 Å². The zero-order valence-corrected chi connectivity index (χ0v) is 18.9. The van der Waals surface area contributed by atoms with E-state index in [1.165, 1.54) is 5.56 Å². The van der Waals surface area contributed by atoms with Crippen LogP contribution in [0.25, 0.3) is 0 Å². The highest BCUT2D eigenvalue weighted by atomic mass is 35.5. The van der Waals surface area contributed by atoms with Crippen LogP contribution in [0.4, 0.5) is 0 Å². The van der Waals surface area contributed by atoms with Crippen LogP contribution in [0.5, 0.6) is 5.75 Å². The molecule has 3 rings (SSSR count). The summed E-state index contributed by atoms with van der Waals surface area (Å²) in [6.45, 7) is 4.98. The Labute approximate surface area is 189 Å². The van der Waals surface area contributed by atoms with Crippen molar-refractivity contribution in [3.63, 3.8) is 0 Å². The van der Waals surface area contributed by atoms with Crippen molar-refractivity contribution >= 4 is 17.5 Å². The number of halogens is 1. The zero-order valence-electron chi connectivity index (χ0n) is 18.1. The second-order valence-electron chi connectivity index (χ2n) is 8.02. The first-order valence-electron chi connectivity index (χ1n) is 10.8. The van der Waals surface area contributed by atoms with Gasteiger partial charge >= 0.3 is 0 Å². The molecule has 0 spiro atoms. The lowest BCUT2D eigenvalue weighted by Gasteiger charge is -2.35. The number of methoxy groups -OCH3 is 1. The maximum absolute atomic E-state index is 12.2. The maximum atomic E-state index is 12.2. The van der Waals surface area contributed by atoms with E-state index in [0.717, 1.165) is 50.3 Å². The van der Waals surface area contributed by atoms with Gasteiger partial charge in [0, 0.05) is 44.3 Å². The molecule has 168 valence electrons. The summed E-state index contributed by atoms with van der Waals surface area (Å²) in [5.41, 5.74) is 2.24. The van der Waals surface area contributed by atoms with Crippen LogP contribution in [0.1, 0.15) is 17.5 Å². The van der Waals surface area contributed by atoms with Gasteiger partial charge in [-0.05, 0) is 48.2 Å². The lowest BCUT2D eigenvalue weighted by molar-refractivity contribution is -0.122. The lowest BCUT2D eigenvalue weighted by atomic mass is 10.1. The van der Waals surface area contributed by atoms with E-state index in [9.17, 15) is 9.90 Å². The standard InChI is InChI=1S/C24H32ClN3O3/c1-31-23-10-5-19(6-11-23)4-9-22(29)17-27-12-14-28(15-13-27)18-24(30)26-16-20-2-7-21(25)8-3-20/h2-3,5-8,10-11,22,29H,4,9,12-18H2,1H3,(H,26,30). The Hall–Kier alpha value is -2.12. The molecular weight excluding hydrogens is 414 g/mol. The van der Waals surface area contributed by atoms with Crippen molar-refractivity contribution in [1.82, 2.24) is 15.1 Å². The van der Waals surface area contributed by atoms with Crippen LogP contribution in [-0.4, -0.2) is 73.3 Å². The molecule has 0 radical (unpaired) electrons. The molecule has 1 aliphatic rings. The van der Waals surface area contributed by atoms with Crippen LogP contribution >= 0.6 is 11.6 Å². The third-order valence-corrected chi connectivity index (χ3v) is 5.88. The highest BCUT2D eigenvalue weighted by Crippen LogP contribution is 2.14. The van der Waals surface area contributed by atoms with Gasteiger partial charge in [0.15, 0.2) is 0 Å². The molecule has 1 fully saturated rings. The van der Waals surface area contributed by atoms with Gasteiger partial charge in [0.05, 0.1) is 19.8 Å². The molecule has 1 amide bonds. The van der Waals surface area contributed by atoms with Gasteiger partial charge < -0.3 is 15.2 Å². The molecule has 1 atom stereocenters. The number of rotatable bonds is 10. The largest absolute Gasteiger partial charge is 0.497 e. The summed E-state index contributed by atoms with van der Waals surface area (Å²) in [5.74, 6) is 0.878. The molecule has 2 aromatic rings. The topological polar surface area (TPSA) is 65.0 Å². The first-order chi connectivity index (χ1) is 15.0. The monoisotopic (exact) mass is 445 g/mol. The number of hydrogen-bond acceptors (Lipinski definition) is 5. The van der Waals surface area contributed by atoms with Gasteiger partial charge in [0.2, 0.25) is 5.91 Å². The number of β-amino-alcohol motifs (C(OH)–C–C–N with tert-alkyl or cyclic N) is 1. The second-order valence-corrected chi connectivity index (χ2v) is 8.46. The highest BCUT2D eigenvalue weighted by molar-refractivity contribution is 6.30. The fraction of sp³-hybridized carbons (Fsp3) is 0.458. The molecule has 6 nitrogen and oxygen atoms in total. The van der Waals surface area contributed by atoms with E-state index < -0.39 is 0 Å². The molecule has 0 saturated carbocycles. The van der Waals surface area contributed by atoms with E-state index in [1.807, 2.05) is 48.5 Å². The number of ether oxygens (including phenoxy) is 1. The van der Waals surface area contributed by atoms with E-state index in [1.54, 1.807) is 7.11 Å². The van der Waals surface area contributed by atoms with E-state index in [4.69, 9.17) is 16.3 Å². The fourth-order valence-corrected chi connectivity index (χ4v) is 3.83. The summed E-state index contributed by atoms with van der Waals surface area (Å²) in [4.78, 5) is 16.7. The molecule has 1 saturated heterocycles. The summed E-state index contributed by atoms with van der Waals surface area (Å²) in [6.07, 6.45) is 1.23. The number of amides is 1. The van der Waals surface area contributed by atoms with Gasteiger partial charge in [-0.25, -0.2) is 0 Å². The number of aliphatic hydroxyl groups is 1. The average Bonchev–Trinajstić information content (AvgIpc) is 2.79. The van der Waals surface area contributed by atoms with Crippen molar-refractivity contribution in [3.05, 3.63) is 64.7 Å². The Morgan fingerprint density at radius 1 is 1.03 bits per heavy atom. The first kappa shape index (κ1) is 23.5. The second kappa shape index (κ2) is 12.1. The molecule has 2 aromatic carbocycles. The molecule has 1 unspecified atom stereocenters. The highest BCUT2D eigenvalue weighted by Gasteiger charge is 2.20. The Morgan fingerprint density at radius 2 is 1.65 bits per heavy atom. The Morgan fingerprint density at radius 3 is 2.29 bits per heavy atom. The van der Waals surface area contributed by atoms with Crippen LogP contribution in [0, 0.1) is 0 Å². The SMILES string of the molecule is COc1ccc(CCC(O)CN2CCN(CC(=O)NCc3ccc(Cl)cc3)CC2)cc1. The summed E-state index contributed by atoms with van der Waals surface area (Å²) in [5, 5.41) is 14.1. The molecular formula is C24H32ClN3O3. The minimum Gasteiger partial charge on any atom is -0.497 e. The minimum atomic E-state index is -0.351. The summed E-state index contributed by atoms with van der Waals surface area (Å²) in [7, 11) is 1.66. The van der Waals surface area contributed by atoms with Gasteiger partial charge in [-0.15, -0.1) is 0 Å².